The number of alkyl carbamates (subject to hydrolysis) is 1. The second-order valence-electron chi connectivity index (χ2n) is 8.40. The summed E-state index contributed by atoms with van der Waals surface area (Å²) < 4.78 is 28.1. The van der Waals surface area contributed by atoms with Gasteiger partial charge in [0.25, 0.3) is 0 Å². The smallest absolute Gasteiger partial charge is 0.408 e. The quantitative estimate of drug-likeness (QED) is 0.804. The Kier molecular flexibility index (Phi) is 5.75. The molecule has 0 aliphatic carbocycles. The molecule has 1 aromatic carbocycles. The van der Waals surface area contributed by atoms with Crippen LogP contribution in [0.2, 0.25) is 0 Å². The Balaban J connectivity index is 2.24. The molecule has 2 N–H and O–H groups in total. The number of aromatic nitrogens is 1. The zero-order valence-electron chi connectivity index (χ0n) is 16.7. The molecule has 1 heterocycles. The number of rotatable bonds is 5. The summed E-state index contributed by atoms with van der Waals surface area (Å²) in [6, 6.07) is 5.72. The largest absolute Gasteiger partial charge is 0.444 e. The van der Waals surface area contributed by atoms with Crippen molar-refractivity contribution in [3.8, 4) is 0 Å². The molecule has 27 heavy (non-hydrogen) atoms. The lowest BCUT2D eigenvalue weighted by atomic mass is 9.94. The van der Waals surface area contributed by atoms with E-state index >= 15 is 0 Å². The number of nitrogens with one attached hydrogen (secondary N) is 2. The zero-order valence-corrected chi connectivity index (χ0v) is 17.5. The van der Waals surface area contributed by atoms with Gasteiger partial charge in [0.2, 0.25) is 0 Å². The Morgan fingerprint density at radius 3 is 2.48 bits per heavy atom. The molecular formula is C20H28N2O4S. The average molecular weight is 393 g/mol. The van der Waals surface area contributed by atoms with Crippen molar-refractivity contribution in [3.05, 3.63) is 40.9 Å². The number of amides is 1. The third kappa shape index (κ3) is 6.43. The summed E-state index contributed by atoms with van der Waals surface area (Å²) in [5.41, 5.74) is 1.61. The van der Waals surface area contributed by atoms with Crippen LogP contribution >= 0.6 is 0 Å². The molecule has 7 heteroatoms. The van der Waals surface area contributed by atoms with Crippen LogP contribution in [-0.4, -0.2) is 36.9 Å². The molecule has 0 saturated carbocycles. The molecule has 148 valence electrons. The highest BCUT2D eigenvalue weighted by molar-refractivity contribution is 7.93. The van der Waals surface area contributed by atoms with Crippen LogP contribution < -0.4 is 5.32 Å². The standard InChI is InChI=1S/C20H28N2O4S/c1-19(2,3)26-18(23)22-20(4,5)12-15-13-21-17-14(8-7-9-16(15)17)10-11-27(6,24)25/h7-11,13,21H,12H2,1-6H3,(H,22,23). The number of hydrogen-bond donors (Lipinski definition) is 2. The summed E-state index contributed by atoms with van der Waals surface area (Å²) in [7, 11) is -3.20. The van der Waals surface area contributed by atoms with Gasteiger partial charge in [-0.3, -0.25) is 0 Å². The van der Waals surface area contributed by atoms with Gasteiger partial charge in [0, 0.05) is 28.8 Å². The van der Waals surface area contributed by atoms with Gasteiger partial charge in [0.15, 0.2) is 9.84 Å². The van der Waals surface area contributed by atoms with E-state index in [1.807, 2.05) is 59.0 Å². The maximum absolute atomic E-state index is 12.1. The van der Waals surface area contributed by atoms with Gasteiger partial charge in [0.05, 0.1) is 5.52 Å². The molecular weight excluding hydrogens is 364 g/mol. The van der Waals surface area contributed by atoms with Crippen LogP contribution in [0.1, 0.15) is 45.7 Å². The van der Waals surface area contributed by atoms with Crippen molar-refractivity contribution in [2.24, 2.45) is 0 Å². The number of ether oxygens (including phenoxy) is 1. The Labute approximate surface area is 160 Å². The van der Waals surface area contributed by atoms with Gasteiger partial charge in [0.1, 0.15) is 5.60 Å². The van der Waals surface area contributed by atoms with Crippen LogP contribution in [0.3, 0.4) is 0 Å². The first-order valence-electron chi connectivity index (χ1n) is 8.74. The number of carbonyl (C=O) groups excluding carboxylic acids is 1. The van der Waals surface area contributed by atoms with E-state index in [-0.39, 0.29) is 0 Å². The second-order valence-corrected chi connectivity index (χ2v) is 10.3. The predicted octanol–water partition coefficient (Wildman–Crippen LogP) is 4.03. The van der Waals surface area contributed by atoms with Crippen molar-refractivity contribution < 1.29 is 17.9 Å². The van der Waals surface area contributed by atoms with Crippen LogP contribution in [0.5, 0.6) is 0 Å². The number of carbonyl (C=O) groups is 1. The predicted molar refractivity (Wildman–Crippen MR) is 109 cm³/mol. The number of hydrogen-bond acceptors (Lipinski definition) is 4. The molecule has 2 aromatic rings. The Hall–Kier alpha value is -2.28. The number of aromatic amines is 1. The number of sulfone groups is 1. The summed E-state index contributed by atoms with van der Waals surface area (Å²) in [5, 5.41) is 5.09. The third-order valence-electron chi connectivity index (χ3n) is 3.80. The fraction of sp³-hybridized carbons (Fsp3) is 0.450. The molecule has 0 aliphatic heterocycles. The van der Waals surface area contributed by atoms with Gasteiger partial charge in [-0.05, 0) is 58.2 Å². The van der Waals surface area contributed by atoms with Crippen molar-refractivity contribution in [1.82, 2.24) is 10.3 Å². The summed E-state index contributed by atoms with van der Waals surface area (Å²) in [6.07, 6.45) is 4.77. The average Bonchev–Trinajstić information content (AvgIpc) is 2.84. The maximum atomic E-state index is 12.1. The lowest BCUT2D eigenvalue weighted by molar-refractivity contribution is 0.0472. The van der Waals surface area contributed by atoms with Crippen LogP contribution in [0.25, 0.3) is 17.0 Å². The second kappa shape index (κ2) is 7.38. The van der Waals surface area contributed by atoms with Gasteiger partial charge < -0.3 is 15.0 Å². The van der Waals surface area contributed by atoms with Crippen molar-refractivity contribution in [3.63, 3.8) is 0 Å². The van der Waals surface area contributed by atoms with Gasteiger partial charge in [-0.25, -0.2) is 13.2 Å². The first kappa shape index (κ1) is 21.0. The molecule has 1 aromatic heterocycles. The van der Waals surface area contributed by atoms with E-state index in [0.29, 0.717) is 6.42 Å². The lowest BCUT2D eigenvalue weighted by Gasteiger charge is -2.28. The maximum Gasteiger partial charge on any atom is 0.408 e. The van der Waals surface area contributed by atoms with Crippen molar-refractivity contribution >= 4 is 32.9 Å². The molecule has 0 radical (unpaired) electrons. The van der Waals surface area contributed by atoms with Gasteiger partial charge in [-0.2, -0.15) is 0 Å². The Morgan fingerprint density at radius 2 is 1.89 bits per heavy atom. The van der Waals surface area contributed by atoms with Crippen molar-refractivity contribution in [1.29, 1.82) is 0 Å². The molecule has 0 unspecified atom stereocenters. The van der Waals surface area contributed by atoms with E-state index in [2.05, 4.69) is 10.3 Å². The van der Waals surface area contributed by atoms with Gasteiger partial charge >= 0.3 is 6.09 Å². The van der Waals surface area contributed by atoms with E-state index in [4.69, 9.17) is 4.74 Å². The Bertz CT molecular complexity index is 964. The van der Waals surface area contributed by atoms with Crippen LogP contribution in [0.4, 0.5) is 4.79 Å². The molecule has 0 aliphatic rings. The van der Waals surface area contributed by atoms with E-state index in [9.17, 15) is 13.2 Å². The fourth-order valence-electron chi connectivity index (χ4n) is 2.82. The fourth-order valence-corrected chi connectivity index (χ4v) is 3.21. The summed E-state index contributed by atoms with van der Waals surface area (Å²) in [6.45, 7) is 9.34. The van der Waals surface area contributed by atoms with E-state index in [0.717, 1.165) is 28.3 Å². The highest BCUT2D eigenvalue weighted by atomic mass is 32.2. The SMILES string of the molecule is CC(C)(Cc1c[nH]c2c(C=CS(C)(=O)=O)cccc12)NC(=O)OC(C)(C)C. The highest BCUT2D eigenvalue weighted by Gasteiger charge is 2.26. The zero-order chi connectivity index (χ0) is 20.5. The van der Waals surface area contributed by atoms with Crippen LogP contribution in [0, 0.1) is 0 Å². The minimum Gasteiger partial charge on any atom is -0.444 e. The van der Waals surface area contributed by atoms with Crippen LogP contribution in [-0.2, 0) is 21.0 Å². The molecule has 2 rings (SSSR count). The molecule has 1 amide bonds. The molecule has 0 atom stereocenters. The van der Waals surface area contributed by atoms with Crippen molar-refractivity contribution in [2.75, 3.05) is 6.26 Å². The summed E-state index contributed by atoms with van der Waals surface area (Å²) >= 11 is 0. The number of benzene rings is 1. The summed E-state index contributed by atoms with van der Waals surface area (Å²) in [4.78, 5) is 15.3. The minimum absolute atomic E-state index is 0.455. The molecule has 0 spiro atoms. The third-order valence-corrected chi connectivity index (χ3v) is 4.43. The lowest BCUT2D eigenvalue weighted by Crippen LogP contribution is -2.47. The van der Waals surface area contributed by atoms with Gasteiger partial charge in [-0.1, -0.05) is 18.2 Å². The highest BCUT2D eigenvalue weighted by Crippen LogP contribution is 2.26. The van der Waals surface area contributed by atoms with E-state index < -0.39 is 27.1 Å². The normalized spacial score (nSPS) is 13.3. The van der Waals surface area contributed by atoms with E-state index in [1.54, 1.807) is 6.08 Å². The number of fused-ring (bicyclic) bond motifs is 1. The Morgan fingerprint density at radius 1 is 1.22 bits per heavy atom. The van der Waals surface area contributed by atoms with Gasteiger partial charge in [-0.15, -0.1) is 0 Å². The summed E-state index contributed by atoms with van der Waals surface area (Å²) in [5.74, 6) is 0. The monoisotopic (exact) mass is 392 g/mol. The van der Waals surface area contributed by atoms with Crippen LogP contribution in [0.15, 0.2) is 29.8 Å². The molecule has 6 nitrogen and oxygen atoms in total. The first-order valence-corrected chi connectivity index (χ1v) is 10.7. The van der Waals surface area contributed by atoms with Crippen molar-refractivity contribution in [2.45, 2.75) is 52.2 Å². The minimum atomic E-state index is -3.20. The first-order chi connectivity index (χ1) is 12.3. The molecule has 0 saturated heterocycles. The number of para-hydroxylation sites is 1. The molecule has 0 fully saturated rings. The number of H-pyrrole nitrogens is 1. The molecule has 0 bridgehead atoms. The van der Waals surface area contributed by atoms with E-state index in [1.165, 1.54) is 5.41 Å². The topological polar surface area (TPSA) is 88.3 Å².